The number of fused-ring (bicyclic) bond motifs is 1. The van der Waals surface area contributed by atoms with Crippen molar-refractivity contribution in [1.82, 2.24) is 10.2 Å². The molecule has 1 aromatic rings. The Kier molecular flexibility index (Phi) is 3.13. The van der Waals surface area contributed by atoms with Gasteiger partial charge >= 0.3 is 0 Å². The van der Waals surface area contributed by atoms with Crippen molar-refractivity contribution in [1.29, 1.82) is 0 Å². The van der Waals surface area contributed by atoms with Crippen molar-refractivity contribution in [2.45, 2.75) is 45.7 Å². The zero-order chi connectivity index (χ0) is 29.0. The average Bonchev–Trinajstić information content (AvgIpc) is 2.83. The Morgan fingerprint density at radius 1 is 1.50 bits per heavy atom. The molecule has 0 aliphatic carbocycles. The first-order chi connectivity index (χ1) is 16.5. The number of hydrogen-bond donors (Lipinski definition) is 2. The summed E-state index contributed by atoms with van der Waals surface area (Å²) in [7, 11) is 1.08. The number of ketones is 1. The Morgan fingerprint density at radius 2 is 2.19 bits per heavy atom. The quantitative estimate of drug-likeness (QED) is 0.793. The lowest BCUT2D eigenvalue weighted by atomic mass is 9.94. The van der Waals surface area contributed by atoms with Gasteiger partial charge < -0.3 is 15.3 Å². The standard InChI is InChI=1S/C20H28N2O4/c1-12(2)18(24)16(23)11-13(3)19(25)21-17-15-8-6-5-7-14(15)9-10-22(4)20(17)26/h5-8,12-13,17-18,24H,9-11H2,1-4H3,(H,21,25)/t13-,17+,18+/m1/s1/i1D3,5D,6D,7D,8D,10D2,12D,13D/t12?,13-,17+,18+. The molecule has 1 unspecified atom stereocenters. The van der Waals surface area contributed by atoms with E-state index in [-0.39, 0.29) is 11.1 Å². The van der Waals surface area contributed by atoms with Crippen LogP contribution in [0.2, 0.25) is 0 Å². The van der Waals surface area contributed by atoms with E-state index in [2.05, 4.69) is 5.32 Å². The van der Waals surface area contributed by atoms with E-state index in [1.165, 1.54) is 0 Å². The molecule has 142 valence electrons. The molecule has 1 heterocycles. The van der Waals surface area contributed by atoms with Crippen LogP contribution in [0.5, 0.6) is 0 Å². The fourth-order valence-electron chi connectivity index (χ4n) is 2.39. The van der Waals surface area contributed by atoms with Gasteiger partial charge in [-0.15, -0.1) is 0 Å². The van der Waals surface area contributed by atoms with Gasteiger partial charge in [-0.25, -0.2) is 0 Å². The number of hydrogen-bond acceptors (Lipinski definition) is 4. The lowest BCUT2D eigenvalue weighted by Crippen LogP contribution is -2.43. The number of likely N-dealkylation sites (N-methyl/N-ethyl adjacent to an activating group) is 1. The van der Waals surface area contributed by atoms with Gasteiger partial charge in [0.1, 0.15) is 12.1 Å². The molecule has 1 aliphatic heterocycles. The third kappa shape index (κ3) is 4.49. The topological polar surface area (TPSA) is 86.7 Å². The third-order valence-electron chi connectivity index (χ3n) is 3.97. The molecule has 0 fully saturated rings. The van der Waals surface area contributed by atoms with E-state index in [1.54, 1.807) is 0 Å². The lowest BCUT2D eigenvalue weighted by molar-refractivity contribution is -0.137. The second-order valence-electron chi connectivity index (χ2n) is 6.04. The van der Waals surface area contributed by atoms with Gasteiger partial charge in [-0.1, -0.05) is 44.9 Å². The number of carbonyl (C=O) groups excluding carboxylic acids is 3. The predicted octanol–water partition coefficient (Wildman–Crippen LogP) is 1.47. The number of benzene rings is 1. The minimum absolute atomic E-state index is 0.250. The number of Topliss-reactive ketones (excluding diaryl/α,β-unsaturated/α-hetero) is 1. The van der Waals surface area contributed by atoms with E-state index < -0.39 is 91.9 Å². The number of nitrogens with zero attached hydrogens (tertiary/aromatic N) is 1. The van der Waals surface area contributed by atoms with Crippen LogP contribution in [0.4, 0.5) is 0 Å². The van der Waals surface area contributed by atoms with Gasteiger partial charge in [0.15, 0.2) is 5.78 Å². The number of amides is 2. The van der Waals surface area contributed by atoms with Gasteiger partial charge in [0, 0.05) is 35.5 Å². The summed E-state index contributed by atoms with van der Waals surface area (Å²) in [6, 6.07) is -4.54. The van der Waals surface area contributed by atoms with E-state index in [9.17, 15) is 19.5 Å². The van der Waals surface area contributed by atoms with E-state index in [4.69, 9.17) is 15.1 Å². The first kappa shape index (κ1) is 9.65. The van der Waals surface area contributed by atoms with Crippen LogP contribution < -0.4 is 5.32 Å². The highest BCUT2D eigenvalue weighted by molar-refractivity contribution is 5.92. The molecule has 1 aromatic carbocycles. The van der Waals surface area contributed by atoms with Crippen molar-refractivity contribution < 1.29 is 34.6 Å². The molecule has 0 aromatic heterocycles. The van der Waals surface area contributed by atoms with Crippen LogP contribution in [0.3, 0.4) is 0 Å². The molecule has 6 heteroatoms. The van der Waals surface area contributed by atoms with Crippen LogP contribution in [-0.2, 0) is 20.8 Å². The summed E-state index contributed by atoms with van der Waals surface area (Å²) in [5.74, 6) is -8.71. The highest BCUT2D eigenvalue weighted by Crippen LogP contribution is 2.25. The van der Waals surface area contributed by atoms with Gasteiger partial charge in [0.05, 0.1) is 5.48 Å². The Hall–Kier alpha value is -2.21. The summed E-state index contributed by atoms with van der Waals surface area (Å²) >= 11 is 0. The van der Waals surface area contributed by atoms with Gasteiger partial charge in [-0.2, -0.15) is 0 Å². The third-order valence-corrected chi connectivity index (χ3v) is 3.97. The summed E-state index contributed by atoms with van der Waals surface area (Å²) in [6.07, 6.45) is -4.04. The molecule has 0 saturated heterocycles. The SMILES string of the molecule is [2H]c1c([2H])c([2H])c2c(c1[2H])CC([2H])([2H])N(C)C(=O)[C@H]2NC(=O)[C@]([2H])(C)CC(=O)[C@@H](O)C([2H])(C)C([2H])([2H])[2H]. The molecule has 0 bridgehead atoms. The largest absolute Gasteiger partial charge is 0.385 e. The first-order valence-corrected chi connectivity index (χ1v) is 7.87. The maximum Gasteiger partial charge on any atom is 0.249 e. The maximum atomic E-state index is 13.2. The maximum absolute atomic E-state index is 13.2. The van der Waals surface area contributed by atoms with Crippen LogP contribution in [0, 0.1) is 11.8 Å². The van der Waals surface area contributed by atoms with Crippen LogP contribution in [-0.4, -0.2) is 47.3 Å². The Bertz CT molecular complexity index is 1130. The number of carbonyl (C=O) groups is 3. The van der Waals surface area contributed by atoms with E-state index >= 15 is 0 Å². The summed E-state index contributed by atoms with van der Waals surface area (Å²) in [4.78, 5) is 39.4. The molecule has 1 aliphatic rings. The van der Waals surface area contributed by atoms with Crippen molar-refractivity contribution >= 4 is 17.6 Å². The van der Waals surface area contributed by atoms with Crippen molar-refractivity contribution in [3.05, 3.63) is 35.3 Å². The number of aliphatic hydroxyl groups excluding tert-OH is 1. The molecule has 2 N–H and O–H groups in total. The molecule has 0 saturated carbocycles. The molecule has 4 atom stereocenters. The monoisotopic (exact) mass is 371 g/mol. The van der Waals surface area contributed by atoms with Gasteiger partial charge in [-0.05, 0) is 23.4 Å². The molecule has 2 rings (SSSR count). The summed E-state index contributed by atoms with van der Waals surface area (Å²) in [5.41, 5.74) is -0.638. The summed E-state index contributed by atoms with van der Waals surface area (Å²) in [5, 5.41) is 12.4. The highest BCUT2D eigenvalue weighted by atomic mass is 16.3. The number of rotatable bonds is 6. The summed E-state index contributed by atoms with van der Waals surface area (Å²) < 4.78 is 87.0. The van der Waals surface area contributed by atoms with Gasteiger partial charge in [-0.3, -0.25) is 14.4 Å². The van der Waals surface area contributed by atoms with Crippen LogP contribution in [0.25, 0.3) is 0 Å². The molecule has 0 spiro atoms. The Balaban J connectivity index is 2.50. The molecule has 6 nitrogen and oxygen atoms in total. The smallest absolute Gasteiger partial charge is 0.249 e. The molecule has 2 amide bonds. The van der Waals surface area contributed by atoms with Crippen LogP contribution >= 0.6 is 0 Å². The van der Waals surface area contributed by atoms with E-state index in [0.29, 0.717) is 4.90 Å². The molecular formula is C20H28N2O4. The zero-order valence-corrected chi connectivity index (χ0v) is 14.7. The van der Waals surface area contributed by atoms with E-state index in [0.717, 1.165) is 20.9 Å². The van der Waals surface area contributed by atoms with Crippen LogP contribution in [0.1, 0.15) is 59.4 Å². The minimum Gasteiger partial charge on any atom is -0.385 e. The van der Waals surface area contributed by atoms with E-state index in [1.807, 2.05) is 0 Å². The first-order valence-electron chi connectivity index (χ1n) is 13.4. The molecular weight excluding hydrogens is 332 g/mol. The Labute approximate surface area is 170 Å². The number of aliphatic hydroxyl groups is 1. The fourth-order valence-corrected chi connectivity index (χ4v) is 2.39. The zero-order valence-electron chi connectivity index (χ0n) is 25.7. The van der Waals surface area contributed by atoms with Crippen molar-refractivity contribution in [2.75, 3.05) is 13.5 Å². The molecule has 0 radical (unpaired) electrons. The number of nitrogens with one attached hydrogen (secondary N) is 1. The van der Waals surface area contributed by atoms with Crippen molar-refractivity contribution in [2.24, 2.45) is 11.8 Å². The van der Waals surface area contributed by atoms with Crippen LogP contribution in [0.15, 0.2) is 24.2 Å². The summed E-state index contributed by atoms with van der Waals surface area (Å²) in [6.45, 7) is -3.72. The second-order valence-corrected chi connectivity index (χ2v) is 6.04. The Morgan fingerprint density at radius 3 is 2.88 bits per heavy atom. The normalized spacial score (nSPS) is 31.5. The van der Waals surface area contributed by atoms with Gasteiger partial charge in [0.25, 0.3) is 0 Å². The second kappa shape index (κ2) is 8.45. The van der Waals surface area contributed by atoms with Gasteiger partial charge in [0.2, 0.25) is 11.8 Å². The minimum atomic E-state index is -3.06. The van der Waals surface area contributed by atoms with Crippen molar-refractivity contribution in [3.63, 3.8) is 0 Å². The van der Waals surface area contributed by atoms with Crippen molar-refractivity contribution in [3.8, 4) is 0 Å². The highest BCUT2D eigenvalue weighted by Gasteiger charge is 2.32. The average molecular weight is 372 g/mol. The predicted molar refractivity (Wildman–Crippen MR) is 98.3 cm³/mol. The lowest BCUT2D eigenvalue weighted by Gasteiger charge is -2.24. The fraction of sp³-hybridized carbons (Fsp3) is 0.550. The molecule has 26 heavy (non-hydrogen) atoms.